The number of rotatable bonds is 6. The molecule has 3 nitrogen and oxygen atoms in total. The highest BCUT2D eigenvalue weighted by Gasteiger charge is 2.24. The minimum Gasteiger partial charge on any atom is -0.486 e. The molecule has 0 spiro atoms. The van der Waals surface area contributed by atoms with Gasteiger partial charge in [-0.15, -0.1) is 0 Å². The van der Waals surface area contributed by atoms with Crippen LogP contribution in [0.2, 0.25) is 0 Å². The largest absolute Gasteiger partial charge is 0.486 e. The second-order valence-corrected chi connectivity index (χ2v) is 5.31. The van der Waals surface area contributed by atoms with Gasteiger partial charge in [-0.3, -0.25) is 0 Å². The monoisotopic (exact) mass is 262 g/mol. The molecule has 1 heterocycles. The van der Waals surface area contributed by atoms with Gasteiger partial charge in [0.2, 0.25) is 0 Å². The maximum Gasteiger partial charge on any atom is 0.143 e. The van der Waals surface area contributed by atoms with Crippen LogP contribution in [0.3, 0.4) is 0 Å². The van der Waals surface area contributed by atoms with E-state index in [-0.39, 0.29) is 0 Å². The number of fused-ring (bicyclic) bond motifs is 1. The molecule has 0 aliphatic carbocycles. The summed E-state index contributed by atoms with van der Waals surface area (Å²) >= 11 is 0. The molecule has 1 aliphatic heterocycles. The minimum atomic E-state index is 0.308. The van der Waals surface area contributed by atoms with Crippen molar-refractivity contribution in [2.45, 2.75) is 52.2 Å². The summed E-state index contributed by atoms with van der Waals surface area (Å²) in [7, 11) is 0. The van der Waals surface area contributed by atoms with Gasteiger partial charge in [0, 0.05) is 13.1 Å². The summed E-state index contributed by atoms with van der Waals surface area (Å²) in [6, 6.07) is 6.38. The molecule has 0 amide bonds. The van der Waals surface area contributed by atoms with Crippen LogP contribution in [0.4, 0.5) is 5.69 Å². The zero-order valence-electron chi connectivity index (χ0n) is 12.2. The molecule has 2 N–H and O–H groups in total. The van der Waals surface area contributed by atoms with Gasteiger partial charge in [-0.05, 0) is 30.5 Å². The van der Waals surface area contributed by atoms with Crippen LogP contribution in [0.25, 0.3) is 0 Å². The Morgan fingerprint density at radius 2 is 2.16 bits per heavy atom. The van der Waals surface area contributed by atoms with Crippen molar-refractivity contribution in [3.8, 4) is 5.75 Å². The number of ether oxygens (including phenoxy) is 1. The number of benzene rings is 1. The molecular formula is C16H26N2O. The summed E-state index contributed by atoms with van der Waals surface area (Å²) < 4.78 is 6.06. The van der Waals surface area contributed by atoms with E-state index >= 15 is 0 Å². The van der Waals surface area contributed by atoms with Gasteiger partial charge in [0.15, 0.2) is 0 Å². The van der Waals surface area contributed by atoms with Gasteiger partial charge in [-0.2, -0.15) is 0 Å². The third kappa shape index (κ3) is 3.41. The predicted octanol–water partition coefficient (Wildman–Crippen LogP) is 3.31. The van der Waals surface area contributed by atoms with E-state index in [2.05, 4.69) is 36.9 Å². The van der Waals surface area contributed by atoms with Crippen LogP contribution in [0.5, 0.6) is 5.75 Å². The first-order valence-electron chi connectivity index (χ1n) is 7.53. The Labute approximate surface area is 116 Å². The highest BCUT2D eigenvalue weighted by atomic mass is 16.5. The van der Waals surface area contributed by atoms with Crippen molar-refractivity contribution in [1.29, 1.82) is 0 Å². The van der Waals surface area contributed by atoms with Gasteiger partial charge in [0.25, 0.3) is 0 Å². The van der Waals surface area contributed by atoms with E-state index in [0.29, 0.717) is 12.6 Å². The van der Waals surface area contributed by atoms with Crippen LogP contribution in [0, 0.1) is 0 Å². The maximum absolute atomic E-state index is 6.06. The Morgan fingerprint density at radius 3 is 2.84 bits per heavy atom. The number of anilines is 1. The molecular weight excluding hydrogens is 236 g/mol. The highest BCUT2D eigenvalue weighted by molar-refractivity contribution is 5.61. The molecule has 1 aliphatic rings. The van der Waals surface area contributed by atoms with Crippen LogP contribution < -0.4 is 15.4 Å². The smallest absolute Gasteiger partial charge is 0.143 e. The first kappa shape index (κ1) is 14.2. The summed E-state index contributed by atoms with van der Waals surface area (Å²) in [4.78, 5) is 2.48. The molecule has 0 saturated carbocycles. The van der Waals surface area contributed by atoms with Crippen molar-refractivity contribution in [3.05, 3.63) is 23.8 Å². The second kappa shape index (κ2) is 6.80. The van der Waals surface area contributed by atoms with E-state index in [1.165, 1.54) is 24.9 Å². The lowest BCUT2D eigenvalue weighted by molar-refractivity contribution is 0.189. The second-order valence-electron chi connectivity index (χ2n) is 5.31. The number of nitrogens with two attached hydrogens (primary N) is 1. The molecule has 1 aromatic carbocycles. The number of hydrogen-bond donors (Lipinski definition) is 1. The van der Waals surface area contributed by atoms with E-state index in [1.807, 2.05) is 0 Å². The average Bonchev–Trinajstić information content (AvgIpc) is 2.46. The quantitative estimate of drug-likeness (QED) is 0.799. The van der Waals surface area contributed by atoms with Gasteiger partial charge in [0.1, 0.15) is 11.9 Å². The fraction of sp³-hybridized carbons (Fsp3) is 0.625. The molecule has 1 unspecified atom stereocenters. The van der Waals surface area contributed by atoms with Gasteiger partial charge in [0.05, 0.1) is 12.2 Å². The first-order chi connectivity index (χ1) is 9.28. The Bertz CT molecular complexity index is 406. The van der Waals surface area contributed by atoms with Gasteiger partial charge >= 0.3 is 0 Å². The standard InChI is InChI=1S/C16H26N2O/c1-3-5-6-9-18-12-14(4-2)19-16-10-13(11-17)7-8-15(16)18/h7-8,10,14H,3-6,9,11-12,17H2,1-2H3. The summed E-state index contributed by atoms with van der Waals surface area (Å²) in [5, 5.41) is 0. The topological polar surface area (TPSA) is 38.5 Å². The molecule has 0 aromatic heterocycles. The van der Waals surface area contributed by atoms with Crippen LogP contribution in [0.15, 0.2) is 18.2 Å². The fourth-order valence-corrected chi connectivity index (χ4v) is 2.58. The molecule has 106 valence electrons. The Hall–Kier alpha value is -1.22. The van der Waals surface area contributed by atoms with Crippen molar-refractivity contribution in [2.75, 3.05) is 18.0 Å². The van der Waals surface area contributed by atoms with Crippen molar-refractivity contribution in [2.24, 2.45) is 5.73 Å². The molecule has 0 bridgehead atoms. The van der Waals surface area contributed by atoms with E-state index in [0.717, 1.165) is 30.8 Å². The molecule has 19 heavy (non-hydrogen) atoms. The van der Waals surface area contributed by atoms with Crippen LogP contribution in [-0.4, -0.2) is 19.2 Å². The molecule has 0 fully saturated rings. The van der Waals surface area contributed by atoms with Crippen LogP contribution in [-0.2, 0) is 6.54 Å². The highest BCUT2D eigenvalue weighted by Crippen LogP contribution is 2.35. The lowest BCUT2D eigenvalue weighted by Crippen LogP contribution is -2.40. The lowest BCUT2D eigenvalue weighted by atomic mass is 10.1. The molecule has 2 rings (SSSR count). The summed E-state index contributed by atoms with van der Waals surface area (Å²) in [6.07, 6.45) is 5.18. The fourth-order valence-electron chi connectivity index (χ4n) is 2.58. The van der Waals surface area contributed by atoms with E-state index in [4.69, 9.17) is 10.5 Å². The average molecular weight is 262 g/mol. The molecule has 1 atom stereocenters. The first-order valence-corrected chi connectivity index (χ1v) is 7.53. The Morgan fingerprint density at radius 1 is 1.32 bits per heavy atom. The summed E-state index contributed by atoms with van der Waals surface area (Å²) in [5.74, 6) is 1.01. The number of nitrogens with zero attached hydrogens (tertiary/aromatic N) is 1. The molecule has 3 heteroatoms. The van der Waals surface area contributed by atoms with Crippen molar-refractivity contribution < 1.29 is 4.74 Å². The third-order valence-corrected chi connectivity index (χ3v) is 3.81. The predicted molar refractivity (Wildman–Crippen MR) is 80.8 cm³/mol. The molecule has 0 saturated heterocycles. The van der Waals surface area contributed by atoms with Gasteiger partial charge in [-0.25, -0.2) is 0 Å². The van der Waals surface area contributed by atoms with Crippen molar-refractivity contribution >= 4 is 5.69 Å². The van der Waals surface area contributed by atoms with Crippen molar-refractivity contribution in [1.82, 2.24) is 0 Å². The molecule has 0 radical (unpaired) electrons. The van der Waals surface area contributed by atoms with Crippen molar-refractivity contribution in [3.63, 3.8) is 0 Å². The zero-order chi connectivity index (χ0) is 13.7. The van der Waals surface area contributed by atoms with Crippen LogP contribution in [0.1, 0.15) is 45.1 Å². The summed E-state index contributed by atoms with van der Waals surface area (Å²) in [5.41, 5.74) is 8.09. The van der Waals surface area contributed by atoms with E-state index in [1.54, 1.807) is 0 Å². The normalized spacial score (nSPS) is 18.1. The Kier molecular flexibility index (Phi) is 5.08. The van der Waals surface area contributed by atoms with Crippen LogP contribution >= 0.6 is 0 Å². The van der Waals surface area contributed by atoms with E-state index < -0.39 is 0 Å². The maximum atomic E-state index is 6.06. The lowest BCUT2D eigenvalue weighted by Gasteiger charge is -2.36. The Balaban J connectivity index is 2.16. The minimum absolute atomic E-state index is 0.308. The van der Waals surface area contributed by atoms with Gasteiger partial charge < -0.3 is 15.4 Å². The number of unbranched alkanes of at least 4 members (excludes halogenated alkanes) is 2. The zero-order valence-corrected chi connectivity index (χ0v) is 12.2. The summed E-state index contributed by atoms with van der Waals surface area (Å²) in [6.45, 7) is 7.14. The molecule has 1 aromatic rings. The number of hydrogen-bond acceptors (Lipinski definition) is 3. The van der Waals surface area contributed by atoms with Gasteiger partial charge in [-0.1, -0.05) is 32.8 Å². The SMILES string of the molecule is CCCCCN1CC(CC)Oc2cc(CN)ccc21. The third-order valence-electron chi connectivity index (χ3n) is 3.81. The van der Waals surface area contributed by atoms with E-state index in [9.17, 15) is 0 Å².